The Kier molecular flexibility index (Phi) is 2.92. The van der Waals surface area contributed by atoms with Gasteiger partial charge in [0.2, 0.25) is 0 Å². The van der Waals surface area contributed by atoms with Gasteiger partial charge in [0.15, 0.2) is 0 Å². The molecule has 0 radical (unpaired) electrons. The van der Waals surface area contributed by atoms with Crippen LogP contribution in [0.3, 0.4) is 0 Å². The SMILES string of the molecule is C1=CCC(NCc2cn3ccccc3n2)CC1. The Labute approximate surface area is 101 Å². The summed E-state index contributed by atoms with van der Waals surface area (Å²) in [5, 5.41) is 3.57. The van der Waals surface area contributed by atoms with E-state index >= 15 is 0 Å². The highest BCUT2D eigenvalue weighted by Crippen LogP contribution is 2.11. The van der Waals surface area contributed by atoms with Crippen molar-refractivity contribution in [1.29, 1.82) is 0 Å². The summed E-state index contributed by atoms with van der Waals surface area (Å²) in [7, 11) is 0. The summed E-state index contributed by atoms with van der Waals surface area (Å²) in [6.45, 7) is 0.861. The molecular weight excluding hydrogens is 210 g/mol. The number of hydrogen-bond donors (Lipinski definition) is 1. The highest BCUT2D eigenvalue weighted by molar-refractivity contribution is 5.39. The molecule has 3 rings (SSSR count). The summed E-state index contributed by atoms with van der Waals surface area (Å²) < 4.78 is 2.07. The largest absolute Gasteiger partial charge is 0.308 e. The molecule has 2 aromatic rings. The number of hydrogen-bond acceptors (Lipinski definition) is 2. The third-order valence-corrected chi connectivity index (χ3v) is 3.25. The summed E-state index contributed by atoms with van der Waals surface area (Å²) in [6, 6.07) is 6.70. The third-order valence-electron chi connectivity index (χ3n) is 3.25. The van der Waals surface area contributed by atoms with Crippen LogP contribution >= 0.6 is 0 Å². The van der Waals surface area contributed by atoms with Crippen LogP contribution in [0.1, 0.15) is 25.0 Å². The van der Waals surface area contributed by atoms with Gasteiger partial charge in [-0.15, -0.1) is 0 Å². The zero-order valence-electron chi connectivity index (χ0n) is 9.84. The van der Waals surface area contributed by atoms with E-state index in [1.165, 1.54) is 12.8 Å². The van der Waals surface area contributed by atoms with E-state index in [9.17, 15) is 0 Å². The zero-order valence-corrected chi connectivity index (χ0v) is 9.84. The van der Waals surface area contributed by atoms with E-state index in [1.807, 2.05) is 24.4 Å². The minimum Gasteiger partial charge on any atom is -0.308 e. The van der Waals surface area contributed by atoms with E-state index in [0.29, 0.717) is 6.04 Å². The second-order valence-corrected chi connectivity index (χ2v) is 4.56. The van der Waals surface area contributed by atoms with Gasteiger partial charge in [-0.25, -0.2) is 4.98 Å². The van der Waals surface area contributed by atoms with Crippen LogP contribution in [-0.4, -0.2) is 15.4 Å². The first-order valence-electron chi connectivity index (χ1n) is 6.23. The van der Waals surface area contributed by atoms with Crippen molar-refractivity contribution in [2.24, 2.45) is 0 Å². The van der Waals surface area contributed by atoms with E-state index in [4.69, 9.17) is 0 Å². The van der Waals surface area contributed by atoms with Gasteiger partial charge in [0.05, 0.1) is 5.69 Å². The number of aromatic nitrogens is 2. The summed E-state index contributed by atoms with van der Waals surface area (Å²) in [6.07, 6.45) is 12.3. The molecule has 1 atom stereocenters. The molecule has 3 heteroatoms. The van der Waals surface area contributed by atoms with Crippen molar-refractivity contribution in [2.75, 3.05) is 0 Å². The second-order valence-electron chi connectivity index (χ2n) is 4.56. The average Bonchev–Trinajstić information content (AvgIpc) is 2.80. The van der Waals surface area contributed by atoms with Crippen LogP contribution in [0.4, 0.5) is 0 Å². The molecule has 88 valence electrons. The molecule has 2 aromatic heterocycles. The molecule has 0 bridgehead atoms. The van der Waals surface area contributed by atoms with E-state index in [1.54, 1.807) is 0 Å². The van der Waals surface area contributed by atoms with Crippen molar-refractivity contribution < 1.29 is 0 Å². The molecule has 0 amide bonds. The van der Waals surface area contributed by atoms with Crippen LogP contribution in [-0.2, 0) is 6.54 Å². The summed E-state index contributed by atoms with van der Waals surface area (Å²) in [5.41, 5.74) is 2.14. The summed E-state index contributed by atoms with van der Waals surface area (Å²) in [4.78, 5) is 4.58. The summed E-state index contributed by atoms with van der Waals surface area (Å²) in [5.74, 6) is 0. The number of nitrogens with zero attached hydrogens (tertiary/aromatic N) is 2. The average molecular weight is 227 g/mol. The van der Waals surface area contributed by atoms with E-state index < -0.39 is 0 Å². The second kappa shape index (κ2) is 4.72. The number of imidazole rings is 1. The Morgan fingerprint density at radius 3 is 3.18 bits per heavy atom. The molecule has 1 aliphatic carbocycles. The molecule has 1 N–H and O–H groups in total. The van der Waals surface area contributed by atoms with Crippen molar-refractivity contribution in [3.05, 3.63) is 48.4 Å². The van der Waals surface area contributed by atoms with Crippen molar-refractivity contribution in [2.45, 2.75) is 31.8 Å². The highest BCUT2D eigenvalue weighted by Gasteiger charge is 2.09. The molecule has 0 saturated carbocycles. The topological polar surface area (TPSA) is 29.3 Å². The molecule has 0 aromatic carbocycles. The highest BCUT2D eigenvalue weighted by atomic mass is 15.0. The molecule has 0 saturated heterocycles. The predicted molar refractivity (Wildman–Crippen MR) is 68.8 cm³/mol. The first-order chi connectivity index (χ1) is 8.42. The Morgan fingerprint density at radius 1 is 1.35 bits per heavy atom. The molecule has 17 heavy (non-hydrogen) atoms. The number of nitrogens with one attached hydrogen (secondary N) is 1. The lowest BCUT2D eigenvalue weighted by Gasteiger charge is -2.18. The molecule has 3 nitrogen and oxygen atoms in total. The Bertz CT molecular complexity index is 494. The maximum Gasteiger partial charge on any atom is 0.137 e. The van der Waals surface area contributed by atoms with Crippen LogP contribution in [0.25, 0.3) is 5.65 Å². The van der Waals surface area contributed by atoms with Crippen molar-refractivity contribution in [3.8, 4) is 0 Å². The van der Waals surface area contributed by atoms with Gasteiger partial charge < -0.3 is 9.72 Å². The number of allylic oxidation sites excluding steroid dienone is 1. The molecule has 2 heterocycles. The minimum atomic E-state index is 0.616. The third kappa shape index (κ3) is 2.39. The molecular formula is C14H17N3. The van der Waals surface area contributed by atoms with Crippen LogP contribution < -0.4 is 5.32 Å². The lowest BCUT2D eigenvalue weighted by Crippen LogP contribution is -2.29. The predicted octanol–water partition coefficient (Wildman–Crippen LogP) is 2.53. The molecule has 0 fully saturated rings. The zero-order chi connectivity index (χ0) is 11.5. The van der Waals surface area contributed by atoms with Gasteiger partial charge in [0.1, 0.15) is 5.65 Å². The van der Waals surface area contributed by atoms with Gasteiger partial charge in [-0.2, -0.15) is 0 Å². The maximum atomic E-state index is 4.58. The van der Waals surface area contributed by atoms with Gasteiger partial charge in [-0.05, 0) is 31.4 Å². The fourth-order valence-corrected chi connectivity index (χ4v) is 2.30. The minimum absolute atomic E-state index is 0.616. The van der Waals surface area contributed by atoms with Gasteiger partial charge in [-0.1, -0.05) is 18.2 Å². The lowest BCUT2D eigenvalue weighted by atomic mass is 10.0. The smallest absolute Gasteiger partial charge is 0.137 e. The van der Waals surface area contributed by atoms with E-state index in [2.05, 4.69) is 33.1 Å². The van der Waals surface area contributed by atoms with Crippen molar-refractivity contribution in [1.82, 2.24) is 14.7 Å². The van der Waals surface area contributed by atoms with Crippen LogP contribution in [0.15, 0.2) is 42.7 Å². The van der Waals surface area contributed by atoms with Crippen molar-refractivity contribution in [3.63, 3.8) is 0 Å². The number of fused-ring (bicyclic) bond motifs is 1. The Hall–Kier alpha value is -1.61. The quantitative estimate of drug-likeness (QED) is 0.816. The van der Waals surface area contributed by atoms with Gasteiger partial charge in [0.25, 0.3) is 0 Å². The summed E-state index contributed by atoms with van der Waals surface area (Å²) >= 11 is 0. The Balaban J connectivity index is 1.66. The van der Waals surface area contributed by atoms with Gasteiger partial charge in [0, 0.05) is 25.0 Å². The first kappa shape index (κ1) is 10.5. The van der Waals surface area contributed by atoms with E-state index in [0.717, 1.165) is 24.3 Å². The van der Waals surface area contributed by atoms with Gasteiger partial charge >= 0.3 is 0 Å². The van der Waals surface area contributed by atoms with Crippen molar-refractivity contribution >= 4 is 5.65 Å². The van der Waals surface area contributed by atoms with E-state index in [-0.39, 0.29) is 0 Å². The molecule has 0 aliphatic heterocycles. The standard InChI is InChI=1S/C14H17N3/c1-2-6-12(7-3-1)15-10-13-11-17-9-5-4-8-14(17)16-13/h1-2,4-5,8-9,11-12,15H,3,6-7,10H2. The van der Waals surface area contributed by atoms with Crippen LogP contribution in [0, 0.1) is 0 Å². The molecule has 0 spiro atoms. The number of pyridine rings is 1. The number of rotatable bonds is 3. The lowest BCUT2D eigenvalue weighted by molar-refractivity contribution is 0.471. The maximum absolute atomic E-state index is 4.58. The monoisotopic (exact) mass is 227 g/mol. The molecule has 1 unspecified atom stereocenters. The van der Waals surface area contributed by atoms with Crippen LogP contribution in [0.2, 0.25) is 0 Å². The molecule has 1 aliphatic rings. The fourth-order valence-electron chi connectivity index (χ4n) is 2.30. The normalized spacial score (nSPS) is 19.9. The van der Waals surface area contributed by atoms with Crippen LogP contribution in [0.5, 0.6) is 0 Å². The first-order valence-corrected chi connectivity index (χ1v) is 6.23. The van der Waals surface area contributed by atoms with Gasteiger partial charge in [-0.3, -0.25) is 0 Å². The Morgan fingerprint density at radius 2 is 2.35 bits per heavy atom. The fraction of sp³-hybridized carbons (Fsp3) is 0.357.